The van der Waals surface area contributed by atoms with Crippen LogP contribution in [0.5, 0.6) is 0 Å². The van der Waals surface area contributed by atoms with E-state index in [1.165, 1.54) is 6.07 Å². The highest BCUT2D eigenvalue weighted by atomic mass is 35.5. The molecule has 0 aliphatic heterocycles. The fourth-order valence-corrected chi connectivity index (χ4v) is 1.37. The van der Waals surface area contributed by atoms with Gasteiger partial charge in [-0.15, -0.1) is 11.6 Å². The van der Waals surface area contributed by atoms with Crippen molar-refractivity contribution >= 4 is 11.6 Å². The third-order valence-corrected chi connectivity index (χ3v) is 2.01. The Morgan fingerprint density at radius 3 is 2.71 bits per heavy atom. The van der Waals surface area contributed by atoms with Crippen LogP contribution in [0.3, 0.4) is 0 Å². The summed E-state index contributed by atoms with van der Waals surface area (Å²) in [6.45, 7) is 1.59. The molecule has 0 radical (unpaired) electrons. The fourth-order valence-electron chi connectivity index (χ4n) is 1.16. The number of pyridine rings is 1. The zero-order valence-electron chi connectivity index (χ0n) is 7.39. The predicted molar refractivity (Wildman–Crippen MR) is 48.2 cm³/mol. The monoisotopic (exact) mass is 216 g/mol. The van der Waals surface area contributed by atoms with E-state index in [0.717, 1.165) is 0 Å². The molecule has 1 aromatic rings. The summed E-state index contributed by atoms with van der Waals surface area (Å²) < 4.78 is 24.9. The van der Waals surface area contributed by atoms with E-state index in [2.05, 4.69) is 4.98 Å². The molecule has 2 nitrogen and oxygen atoms in total. The summed E-state index contributed by atoms with van der Waals surface area (Å²) >= 11 is 5.54. The SMILES string of the molecule is Cc1cc(CCl)c(C#N)c(C(F)F)n1. The Balaban J connectivity index is 3.41. The van der Waals surface area contributed by atoms with Gasteiger partial charge in [0.25, 0.3) is 6.43 Å². The van der Waals surface area contributed by atoms with E-state index in [0.29, 0.717) is 11.3 Å². The average Bonchev–Trinajstić information content (AvgIpc) is 2.16. The van der Waals surface area contributed by atoms with E-state index in [1.807, 2.05) is 0 Å². The van der Waals surface area contributed by atoms with Crippen molar-refractivity contribution in [3.05, 3.63) is 28.6 Å². The molecule has 1 aromatic heterocycles. The molecule has 0 amide bonds. The third-order valence-electron chi connectivity index (χ3n) is 1.72. The molecule has 0 fully saturated rings. The van der Waals surface area contributed by atoms with Crippen molar-refractivity contribution in [1.82, 2.24) is 4.98 Å². The first-order valence-electron chi connectivity index (χ1n) is 3.84. The molecule has 1 heterocycles. The molecule has 0 atom stereocenters. The van der Waals surface area contributed by atoms with Crippen molar-refractivity contribution in [1.29, 1.82) is 5.26 Å². The maximum Gasteiger partial charge on any atom is 0.281 e. The molecule has 74 valence electrons. The van der Waals surface area contributed by atoms with E-state index in [4.69, 9.17) is 16.9 Å². The average molecular weight is 217 g/mol. The summed E-state index contributed by atoms with van der Waals surface area (Å²) in [5.74, 6) is 0.0337. The van der Waals surface area contributed by atoms with Gasteiger partial charge >= 0.3 is 0 Å². The molecule has 0 saturated heterocycles. The Hall–Kier alpha value is -1.21. The number of nitrogens with zero attached hydrogens (tertiary/aromatic N) is 2. The maximum absolute atomic E-state index is 12.5. The second kappa shape index (κ2) is 4.34. The zero-order chi connectivity index (χ0) is 10.7. The Bertz CT molecular complexity index is 385. The molecule has 0 bridgehead atoms. The normalized spacial score (nSPS) is 10.3. The van der Waals surface area contributed by atoms with Crippen LogP contribution >= 0.6 is 11.6 Å². The standard InChI is InChI=1S/C9H7ClF2N2/c1-5-2-6(3-10)7(4-13)8(14-5)9(11)12/h2,9H,3H2,1H3. The highest BCUT2D eigenvalue weighted by Crippen LogP contribution is 2.24. The first-order chi connectivity index (χ1) is 6.60. The lowest BCUT2D eigenvalue weighted by molar-refractivity contribution is 0.145. The first-order valence-corrected chi connectivity index (χ1v) is 4.38. The summed E-state index contributed by atoms with van der Waals surface area (Å²) in [4.78, 5) is 3.62. The van der Waals surface area contributed by atoms with Crippen LogP contribution in [0.1, 0.15) is 28.9 Å². The number of hydrogen-bond acceptors (Lipinski definition) is 2. The van der Waals surface area contributed by atoms with Gasteiger partial charge in [0.2, 0.25) is 0 Å². The van der Waals surface area contributed by atoms with E-state index in [1.54, 1.807) is 13.0 Å². The molecule has 0 unspecified atom stereocenters. The van der Waals surface area contributed by atoms with Crippen molar-refractivity contribution in [2.24, 2.45) is 0 Å². The molecule has 5 heteroatoms. The summed E-state index contributed by atoms with van der Waals surface area (Å²) in [6, 6.07) is 3.24. The Kier molecular flexibility index (Phi) is 3.37. The van der Waals surface area contributed by atoms with Gasteiger partial charge in [-0.3, -0.25) is 4.98 Å². The highest BCUT2D eigenvalue weighted by Gasteiger charge is 2.18. The van der Waals surface area contributed by atoms with Crippen molar-refractivity contribution in [3.63, 3.8) is 0 Å². The van der Waals surface area contributed by atoms with Crippen LogP contribution in [0.15, 0.2) is 6.07 Å². The molecule has 0 aromatic carbocycles. The van der Waals surface area contributed by atoms with Gasteiger partial charge in [-0.1, -0.05) is 0 Å². The van der Waals surface area contributed by atoms with Gasteiger partial charge in [0.05, 0.1) is 5.56 Å². The Labute approximate surface area is 85.1 Å². The molecule has 14 heavy (non-hydrogen) atoms. The number of halogens is 3. The van der Waals surface area contributed by atoms with Crippen LogP contribution in [0.4, 0.5) is 8.78 Å². The van der Waals surface area contributed by atoms with E-state index in [9.17, 15) is 8.78 Å². The van der Waals surface area contributed by atoms with E-state index < -0.39 is 12.1 Å². The number of aromatic nitrogens is 1. The van der Waals surface area contributed by atoms with Gasteiger partial charge in [0.1, 0.15) is 11.8 Å². The lowest BCUT2D eigenvalue weighted by Crippen LogP contribution is -2.01. The second-order valence-corrected chi connectivity index (χ2v) is 3.00. The largest absolute Gasteiger partial charge is 0.281 e. The van der Waals surface area contributed by atoms with Gasteiger partial charge in [-0.05, 0) is 18.6 Å². The van der Waals surface area contributed by atoms with Gasteiger partial charge < -0.3 is 0 Å². The molecular weight excluding hydrogens is 210 g/mol. The second-order valence-electron chi connectivity index (χ2n) is 2.73. The minimum atomic E-state index is -2.74. The third kappa shape index (κ3) is 1.99. The topological polar surface area (TPSA) is 36.7 Å². The van der Waals surface area contributed by atoms with Crippen LogP contribution in [0.2, 0.25) is 0 Å². The van der Waals surface area contributed by atoms with Gasteiger partial charge in [-0.25, -0.2) is 8.78 Å². The van der Waals surface area contributed by atoms with E-state index in [-0.39, 0.29) is 11.4 Å². The lowest BCUT2D eigenvalue weighted by atomic mass is 10.1. The minimum absolute atomic E-state index is 0.0337. The van der Waals surface area contributed by atoms with E-state index >= 15 is 0 Å². The number of nitriles is 1. The molecule has 0 saturated carbocycles. The molecule has 0 aliphatic rings. The highest BCUT2D eigenvalue weighted by molar-refractivity contribution is 6.17. The van der Waals surface area contributed by atoms with Gasteiger partial charge in [-0.2, -0.15) is 5.26 Å². The summed E-state index contributed by atoms with van der Waals surface area (Å²) in [5.41, 5.74) is 0.246. The number of rotatable bonds is 2. The van der Waals surface area contributed by atoms with Crippen molar-refractivity contribution < 1.29 is 8.78 Å². The molecule has 0 spiro atoms. The van der Waals surface area contributed by atoms with Gasteiger partial charge in [0.15, 0.2) is 0 Å². The van der Waals surface area contributed by atoms with Crippen molar-refractivity contribution in [3.8, 4) is 6.07 Å². The van der Waals surface area contributed by atoms with Crippen LogP contribution < -0.4 is 0 Å². The molecular formula is C9H7ClF2N2. The summed E-state index contributed by atoms with van der Waals surface area (Å²) in [7, 11) is 0. The van der Waals surface area contributed by atoms with Crippen LogP contribution in [0.25, 0.3) is 0 Å². The molecule has 0 aliphatic carbocycles. The minimum Gasteiger partial charge on any atom is -0.251 e. The van der Waals surface area contributed by atoms with Crippen molar-refractivity contribution in [2.45, 2.75) is 19.2 Å². The zero-order valence-corrected chi connectivity index (χ0v) is 8.15. The summed E-state index contributed by atoms with van der Waals surface area (Å²) in [6.07, 6.45) is -2.74. The first kappa shape index (κ1) is 10.9. The summed E-state index contributed by atoms with van der Waals surface area (Å²) in [5, 5.41) is 8.69. The van der Waals surface area contributed by atoms with Gasteiger partial charge in [0, 0.05) is 11.6 Å². The van der Waals surface area contributed by atoms with Crippen LogP contribution in [0, 0.1) is 18.3 Å². The Morgan fingerprint density at radius 1 is 1.64 bits per heavy atom. The van der Waals surface area contributed by atoms with Crippen molar-refractivity contribution in [2.75, 3.05) is 0 Å². The molecule has 0 N–H and O–H groups in total. The van der Waals surface area contributed by atoms with Crippen LogP contribution in [-0.2, 0) is 5.88 Å². The molecule has 1 rings (SSSR count). The predicted octanol–water partition coefficient (Wildman–Crippen LogP) is 2.94. The number of alkyl halides is 3. The van der Waals surface area contributed by atoms with Crippen LogP contribution in [-0.4, -0.2) is 4.98 Å². The lowest BCUT2D eigenvalue weighted by Gasteiger charge is -2.07. The smallest absolute Gasteiger partial charge is 0.251 e. The fraction of sp³-hybridized carbons (Fsp3) is 0.333. The maximum atomic E-state index is 12.5. The number of aryl methyl sites for hydroxylation is 1. The number of hydrogen-bond donors (Lipinski definition) is 0. The quantitative estimate of drug-likeness (QED) is 0.713. The Morgan fingerprint density at radius 2 is 2.29 bits per heavy atom.